The molecule has 0 spiro atoms. The summed E-state index contributed by atoms with van der Waals surface area (Å²) in [6, 6.07) is 120. The van der Waals surface area contributed by atoms with Gasteiger partial charge in [0.05, 0.1) is 5.56 Å². The summed E-state index contributed by atoms with van der Waals surface area (Å²) >= 11 is 0. The first-order chi connectivity index (χ1) is 41.0. The topological polar surface area (TPSA) is 60.4 Å². The standard InChI is InChI=1S/C72H51S.C7H6O3/c1-10-28-52(29-11-1)61-46-64(55-34-16-4-17-35-55)70(65(47-61)56-36-18-5-19-37-56)73(71-66(57-38-20-6-21-39-57)48-62(53-30-12-2-13-31-53)49-67(71)58-40-22-7-23-41-58)72-68(59-42-24-8-25-43-59)50-63(54-32-14-3-15-33-54)51-69(72)60-44-26-9-27-45-60;8-6-4-2-1-3-5(6)7(9)10/h1-51H;1-4,8H,(H,9,10)/q+1;/p-1. The molecule has 0 aliphatic heterocycles. The minimum atomic E-state index is -1.18. The zero-order valence-corrected chi connectivity index (χ0v) is 46.2. The molecule has 0 heterocycles. The number of rotatable bonds is 13. The number of benzene rings is 13. The molecule has 0 radical (unpaired) electrons. The molecule has 0 amide bonds. The molecular formula is C79H56O3S. The largest absolute Gasteiger partial charge is 0.872 e. The van der Waals surface area contributed by atoms with Crippen molar-refractivity contribution < 1.29 is 15.0 Å². The Morgan fingerprint density at radius 2 is 0.422 bits per heavy atom. The minimum Gasteiger partial charge on any atom is -0.872 e. The third kappa shape index (κ3) is 11.6. The molecule has 0 saturated carbocycles. The van der Waals surface area contributed by atoms with Gasteiger partial charge in [0.25, 0.3) is 0 Å². The lowest BCUT2D eigenvalue weighted by Gasteiger charge is -2.26. The van der Waals surface area contributed by atoms with E-state index in [1.54, 1.807) is 0 Å². The lowest BCUT2D eigenvalue weighted by Crippen LogP contribution is -2.15. The SMILES string of the molecule is O=C(O)c1ccccc1[O-].c1ccc(-c2cc(-c3ccccc3)c([S+](c3c(-c4ccccc4)cc(-c4ccccc4)cc3-c3ccccc3)c3c(-c4ccccc4)cc(-c4ccccc4)cc3-c3ccccc3)c(-c3ccccc3)c2)cc1. The molecule has 4 heteroatoms. The van der Waals surface area contributed by atoms with Gasteiger partial charge in [-0.2, -0.15) is 0 Å². The second-order valence-electron chi connectivity index (χ2n) is 20.1. The van der Waals surface area contributed by atoms with Crippen molar-refractivity contribution in [1.29, 1.82) is 0 Å². The molecule has 13 aromatic rings. The Labute approximate surface area is 488 Å². The highest BCUT2D eigenvalue weighted by Gasteiger charge is 2.44. The van der Waals surface area contributed by atoms with Crippen LogP contribution in [0.1, 0.15) is 10.4 Å². The third-order valence-electron chi connectivity index (χ3n) is 14.8. The summed E-state index contributed by atoms with van der Waals surface area (Å²) in [5, 5.41) is 19.0. The Kier molecular flexibility index (Phi) is 15.9. The summed E-state index contributed by atoms with van der Waals surface area (Å²) in [6.45, 7) is 0. The molecule has 1 N–H and O–H groups in total. The van der Waals surface area contributed by atoms with Crippen molar-refractivity contribution in [3.8, 4) is 106 Å². The Balaban J connectivity index is 0.000000617. The van der Waals surface area contributed by atoms with Crippen molar-refractivity contribution in [2.24, 2.45) is 0 Å². The molecule has 0 aromatic heterocycles. The van der Waals surface area contributed by atoms with Gasteiger partial charge in [0.15, 0.2) is 14.7 Å². The minimum absolute atomic E-state index is 0.178. The lowest BCUT2D eigenvalue weighted by molar-refractivity contribution is -0.268. The van der Waals surface area contributed by atoms with Crippen molar-refractivity contribution in [3.05, 3.63) is 339 Å². The fraction of sp³-hybridized carbons (Fsp3) is 0. The monoisotopic (exact) mass is 1080 g/mol. The molecule has 0 atom stereocenters. The second kappa shape index (κ2) is 24.9. The quantitative estimate of drug-likeness (QED) is 0.117. The van der Waals surface area contributed by atoms with Crippen LogP contribution in [0.5, 0.6) is 5.75 Å². The molecule has 13 aromatic carbocycles. The summed E-state index contributed by atoms with van der Waals surface area (Å²) < 4.78 is 0. The number of carbonyl (C=O) groups is 1. The lowest BCUT2D eigenvalue weighted by atomic mass is 9.92. The molecule has 0 fully saturated rings. The first kappa shape index (κ1) is 53.1. The van der Waals surface area contributed by atoms with Crippen molar-refractivity contribution in [2.75, 3.05) is 0 Å². The molecule has 396 valence electrons. The maximum Gasteiger partial charge on any atom is 0.335 e. The van der Waals surface area contributed by atoms with Crippen LogP contribution in [-0.2, 0) is 10.9 Å². The van der Waals surface area contributed by atoms with Crippen molar-refractivity contribution >= 4 is 16.9 Å². The number of carboxylic acids is 1. The van der Waals surface area contributed by atoms with E-state index in [2.05, 4.69) is 309 Å². The Morgan fingerprint density at radius 3 is 0.602 bits per heavy atom. The Bertz CT molecular complexity index is 3710. The van der Waals surface area contributed by atoms with Crippen molar-refractivity contribution in [2.45, 2.75) is 14.7 Å². The smallest absolute Gasteiger partial charge is 0.335 e. The highest BCUT2D eigenvalue weighted by molar-refractivity contribution is 7.97. The van der Waals surface area contributed by atoms with Crippen LogP contribution < -0.4 is 5.11 Å². The number of para-hydroxylation sites is 1. The van der Waals surface area contributed by atoms with Crippen molar-refractivity contribution in [1.82, 2.24) is 0 Å². The van der Waals surface area contributed by atoms with Crippen LogP contribution in [0.15, 0.2) is 348 Å². The highest BCUT2D eigenvalue weighted by Crippen LogP contribution is 2.55. The average Bonchev–Trinajstić information content (AvgIpc) is 3.66. The van der Waals surface area contributed by atoms with Gasteiger partial charge in [-0.1, -0.05) is 297 Å². The molecule has 0 unspecified atom stereocenters. The molecule has 0 saturated heterocycles. The van der Waals surface area contributed by atoms with E-state index in [1.807, 2.05) is 0 Å². The maximum absolute atomic E-state index is 10.7. The van der Waals surface area contributed by atoms with E-state index in [9.17, 15) is 9.90 Å². The fourth-order valence-electron chi connectivity index (χ4n) is 10.9. The zero-order valence-electron chi connectivity index (χ0n) is 45.4. The van der Waals surface area contributed by atoms with Crippen LogP contribution in [-0.4, -0.2) is 11.1 Å². The van der Waals surface area contributed by atoms with Gasteiger partial charge in [-0.05, 0) is 109 Å². The summed E-state index contributed by atoms with van der Waals surface area (Å²) in [7, 11) is -0.881. The number of hydrogen-bond donors (Lipinski definition) is 1. The van der Waals surface area contributed by atoms with E-state index in [4.69, 9.17) is 5.11 Å². The Hall–Kier alpha value is -10.5. The van der Waals surface area contributed by atoms with Crippen LogP contribution in [0.25, 0.3) is 100 Å². The van der Waals surface area contributed by atoms with Crippen LogP contribution in [0.3, 0.4) is 0 Å². The molecule has 0 aliphatic rings. The molecular weight excluding hydrogens is 1030 g/mol. The number of carboxylic acid groups (broad SMARTS) is 1. The fourth-order valence-corrected chi connectivity index (χ4v) is 13.9. The normalized spacial score (nSPS) is 10.9. The third-order valence-corrected chi connectivity index (χ3v) is 17.4. The Morgan fingerprint density at radius 1 is 0.241 bits per heavy atom. The molecule has 3 nitrogen and oxygen atoms in total. The van der Waals surface area contributed by atoms with Gasteiger partial charge in [-0.25, -0.2) is 4.79 Å². The van der Waals surface area contributed by atoms with E-state index in [0.717, 1.165) is 33.4 Å². The van der Waals surface area contributed by atoms with Gasteiger partial charge in [-0.3, -0.25) is 0 Å². The van der Waals surface area contributed by atoms with E-state index >= 15 is 0 Å². The van der Waals surface area contributed by atoms with Crippen LogP contribution in [0, 0.1) is 0 Å². The van der Waals surface area contributed by atoms with Gasteiger partial charge in [0, 0.05) is 33.4 Å². The predicted molar refractivity (Wildman–Crippen MR) is 343 cm³/mol. The first-order valence-corrected chi connectivity index (χ1v) is 29.0. The second-order valence-corrected chi connectivity index (χ2v) is 21.9. The van der Waals surface area contributed by atoms with Gasteiger partial charge in [-0.15, -0.1) is 0 Å². The number of hydrogen-bond acceptors (Lipinski definition) is 2. The molecule has 0 aliphatic carbocycles. The average molecular weight is 1090 g/mol. The van der Waals surface area contributed by atoms with Gasteiger partial charge in [0.1, 0.15) is 10.9 Å². The van der Waals surface area contributed by atoms with Crippen LogP contribution in [0.4, 0.5) is 0 Å². The molecule has 13 rings (SSSR count). The molecule has 0 bridgehead atoms. The maximum atomic E-state index is 10.7. The van der Waals surface area contributed by atoms with Gasteiger partial charge < -0.3 is 10.2 Å². The molecule has 83 heavy (non-hydrogen) atoms. The highest BCUT2D eigenvalue weighted by atomic mass is 32.2. The summed E-state index contributed by atoms with van der Waals surface area (Å²) in [4.78, 5) is 14.0. The van der Waals surface area contributed by atoms with E-state index in [0.29, 0.717) is 0 Å². The summed E-state index contributed by atoms with van der Waals surface area (Å²) in [6.07, 6.45) is 0. The van der Waals surface area contributed by atoms with Gasteiger partial charge >= 0.3 is 5.97 Å². The zero-order chi connectivity index (χ0) is 56.3. The van der Waals surface area contributed by atoms with Crippen LogP contribution in [0.2, 0.25) is 0 Å². The van der Waals surface area contributed by atoms with Crippen molar-refractivity contribution in [3.63, 3.8) is 0 Å². The summed E-state index contributed by atoms with van der Waals surface area (Å²) in [5.41, 5.74) is 21.0. The number of aromatic carboxylic acids is 1. The van der Waals surface area contributed by atoms with E-state index in [-0.39, 0.29) is 5.56 Å². The van der Waals surface area contributed by atoms with Gasteiger partial charge in [0.2, 0.25) is 0 Å². The van der Waals surface area contributed by atoms with E-state index in [1.165, 1.54) is 106 Å². The summed E-state index contributed by atoms with van der Waals surface area (Å²) in [5.74, 6) is -1.62. The predicted octanol–water partition coefficient (Wildman–Crippen LogP) is 20.2. The first-order valence-electron chi connectivity index (χ1n) is 27.7. The van der Waals surface area contributed by atoms with Crippen LogP contribution >= 0.6 is 0 Å². The van der Waals surface area contributed by atoms with E-state index < -0.39 is 22.6 Å².